The zero-order valence-corrected chi connectivity index (χ0v) is 14.9. The van der Waals surface area contributed by atoms with E-state index in [1.54, 1.807) is 23.2 Å². The number of aromatic nitrogens is 1. The van der Waals surface area contributed by atoms with Crippen molar-refractivity contribution in [2.75, 3.05) is 32.7 Å². The first-order valence-corrected chi connectivity index (χ1v) is 8.97. The van der Waals surface area contributed by atoms with Gasteiger partial charge >= 0.3 is 0 Å². The summed E-state index contributed by atoms with van der Waals surface area (Å²) in [5.41, 5.74) is 0.350. The van der Waals surface area contributed by atoms with E-state index < -0.39 is 0 Å². The zero-order valence-electron chi connectivity index (χ0n) is 14.9. The summed E-state index contributed by atoms with van der Waals surface area (Å²) in [6.45, 7) is 6.99. The first-order valence-electron chi connectivity index (χ1n) is 8.97. The number of carbonyl (C=O) groups excluding carboxylic acids is 2. The quantitative estimate of drug-likeness (QED) is 0.877. The summed E-state index contributed by atoms with van der Waals surface area (Å²) in [5, 5.41) is 3.09. The molecule has 2 aliphatic rings. The minimum Gasteiger partial charge on any atom is -0.489 e. The lowest BCUT2D eigenvalue weighted by atomic mass is 10.0. The van der Waals surface area contributed by atoms with Gasteiger partial charge < -0.3 is 19.9 Å². The molecule has 0 aromatic carbocycles. The average molecular weight is 346 g/mol. The monoisotopic (exact) mass is 346 g/mol. The molecule has 1 aromatic rings. The number of carbonyl (C=O) groups is 2. The van der Waals surface area contributed by atoms with Crippen LogP contribution in [-0.2, 0) is 4.79 Å². The van der Waals surface area contributed by atoms with Crippen LogP contribution in [0.2, 0.25) is 0 Å². The number of hydrogen-bond acceptors (Lipinski definition) is 5. The van der Waals surface area contributed by atoms with E-state index in [1.807, 2.05) is 18.7 Å². The summed E-state index contributed by atoms with van der Waals surface area (Å²) >= 11 is 0. The van der Waals surface area contributed by atoms with E-state index in [4.69, 9.17) is 4.74 Å². The zero-order chi connectivity index (χ0) is 17.8. The Balaban J connectivity index is 1.73. The van der Waals surface area contributed by atoms with E-state index in [0.29, 0.717) is 37.6 Å². The number of hydrogen-bond donors (Lipinski definition) is 1. The van der Waals surface area contributed by atoms with Crippen molar-refractivity contribution in [3.63, 3.8) is 0 Å². The van der Waals surface area contributed by atoms with Crippen LogP contribution in [0.1, 0.15) is 37.2 Å². The minimum atomic E-state index is -0.122. The fourth-order valence-corrected chi connectivity index (χ4v) is 3.45. The highest BCUT2D eigenvalue weighted by atomic mass is 16.5. The van der Waals surface area contributed by atoms with E-state index in [9.17, 15) is 9.59 Å². The SMILES string of the molecule is CC(C)Oc1cccnc1C(=O)N1CCCC(N2CCNCC2=O)C1. The van der Waals surface area contributed by atoms with Gasteiger partial charge in [-0.1, -0.05) is 0 Å². The molecule has 2 amide bonds. The number of amides is 2. The summed E-state index contributed by atoms with van der Waals surface area (Å²) in [7, 11) is 0. The van der Waals surface area contributed by atoms with Gasteiger partial charge in [0.2, 0.25) is 5.91 Å². The number of nitrogens with one attached hydrogen (secondary N) is 1. The van der Waals surface area contributed by atoms with Crippen molar-refractivity contribution in [3.05, 3.63) is 24.0 Å². The third-order valence-corrected chi connectivity index (χ3v) is 4.59. The van der Waals surface area contributed by atoms with Crippen molar-refractivity contribution in [2.24, 2.45) is 0 Å². The molecule has 136 valence electrons. The molecular weight excluding hydrogens is 320 g/mol. The van der Waals surface area contributed by atoms with Crippen LogP contribution in [-0.4, -0.2) is 71.5 Å². The number of pyridine rings is 1. The number of nitrogens with zero attached hydrogens (tertiary/aromatic N) is 3. The molecule has 3 rings (SSSR count). The molecule has 3 heterocycles. The Morgan fingerprint density at radius 3 is 3.00 bits per heavy atom. The molecule has 7 heteroatoms. The largest absolute Gasteiger partial charge is 0.489 e. The van der Waals surface area contributed by atoms with Crippen LogP contribution in [0, 0.1) is 0 Å². The third kappa shape index (κ3) is 4.10. The van der Waals surface area contributed by atoms with E-state index in [-0.39, 0.29) is 24.0 Å². The van der Waals surface area contributed by atoms with Gasteiger partial charge in [0.25, 0.3) is 5.91 Å². The second-order valence-corrected chi connectivity index (χ2v) is 6.83. The number of ether oxygens (including phenoxy) is 1. The molecule has 0 saturated carbocycles. The van der Waals surface area contributed by atoms with Crippen LogP contribution in [0.25, 0.3) is 0 Å². The van der Waals surface area contributed by atoms with E-state index in [2.05, 4.69) is 10.3 Å². The fourth-order valence-electron chi connectivity index (χ4n) is 3.45. The van der Waals surface area contributed by atoms with Gasteiger partial charge in [-0.2, -0.15) is 0 Å². The predicted molar refractivity (Wildman–Crippen MR) is 93.5 cm³/mol. The molecule has 7 nitrogen and oxygen atoms in total. The standard InChI is InChI=1S/C18H26N4O3/c1-13(2)25-15-6-3-7-20-17(15)18(24)21-9-4-5-14(12-21)22-10-8-19-11-16(22)23/h3,6-7,13-14,19H,4-5,8-12H2,1-2H3. The second-order valence-electron chi connectivity index (χ2n) is 6.83. The predicted octanol–water partition coefficient (Wildman–Crippen LogP) is 0.905. The van der Waals surface area contributed by atoms with Gasteiger partial charge in [-0.3, -0.25) is 9.59 Å². The first kappa shape index (κ1) is 17.7. The van der Waals surface area contributed by atoms with E-state index in [0.717, 1.165) is 19.4 Å². The van der Waals surface area contributed by atoms with Crippen LogP contribution in [0.4, 0.5) is 0 Å². The highest BCUT2D eigenvalue weighted by molar-refractivity contribution is 5.95. The van der Waals surface area contributed by atoms with Gasteiger partial charge in [0.1, 0.15) is 0 Å². The number of rotatable bonds is 4. The molecule has 0 aliphatic carbocycles. The number of piperazine rings is 1. The minimum absolute atomic E-state index is 0.0247. The molecular formula is C18H26N4O3. The Morgan fingerprint density at radius 2 is 2.24 bits per heavy atom. The van der Waals surface area contributed by atoms with E-state index >= 15 is 0 Å². The molecule has 0 spiro atoms. The number of likely N-dealkylation sites (tertiary alicyclic amines) is 1. The lowest BCUT2D eigenvalue weighted by Gasteiger charge is -2.41. The van der Waals surface area contributed by atoms with Crippen LogP contribution in [0.5, 0.6) is 5.75 Å². The van der Waals surface area contributed by atoms with Gasteiger partial charge in [-0.25, -0.2) is 4.98 Å². The highest BCUT2D eigenvalue weighted by Crippen LogP contribution is 2.23. The Morgan fingerprint density at radius 1 is 1.40 bits per heavy atom. The summed E-state index contributed by atoms with van der Waals surface area (Å²) in [4.78, 5) is 33.1. The second kappa shape index (κ2) is 7.82. The summed E-state index contributed by atoms with van der Waals surface area (Å²) in [6, 6.07) is 3.64. The van der Waals surface area contributed by atoms with Crippen molar-refractivity contribution >= 4 is 11.8 Å². The summed E-state index contributed by atoms with van der Waals surface area (Å²) in [6.07, 6.45) is 3.42. The lowest BCUT2D eigenvalue weighted by molar-refractivity contribution is -0.135. The van der Waals surface area contributed by atoms with Crippen LogP contribution in [0.15, 0.2) is 18.3 Å². The normalized spacial score (nSPS) is 21.6. The maximum Gasteiger partial charge on any atom is 0.276 e. The first-order chi connectivity index (χ1) is 12.1. The maximum atomic E-state index is 13.0. The Kier molecular flexibility index (Phi) is 5.53. The Bertz CT molecular complexity index is 635. The van der Waals surface area contributed by atoms with Crippen molar-refractivity contribution in [3.8, 4) is 5.75 Å². The van der Waals surface area contributed by atoms with Gasteiger partial charge in [0.15, 0.2) is 11.4 Å². The van der Waals surface area contributed by atoms with Gasteiger partial charge in [-0.05, 0) is 38.8 Å². The average Bonchev–Trinajstić information content (AvgIpc) is 2.62. The van der Waals surface area contributed by atoms with Gasteiger partial charge in [-0.15, -0.1) is 0 Å². The van der Waals surface area contributed by atoms with Crippen LogP contribution < -0.4 is 10.1 Å². The van der Waals surface area contributed by atoms with Gasteiger partial charge in [0, 0.05) is 38.4 Å². The molecule has 2 aliphatic heterocycles. The third-order valence-electron chi connectivity index (χ3n) is 4.59. The van der Waals surface area contributed by atoms with Crippen molar-refractivity contribution in [1.82, 2.24) is 20.1 Å². The molecule has 2 saturated heterocycles. The Hall–Kier alpha value is -2.15. The molecule has 25 heavy (non-hydrogen) atoms. The number of piperidine rings is 1. The lowest BCUT2D eigenvalue weighted by Crippen LogP contribution is -2.57. The molecule has 2 fully saturated rings. The molecule has 1 atom stereocenters. The fraction of sp³-hybridized carbons (Fsp3) is 0.611. The molecule has 1 aromatic heterocycles. The smallest absolute Gasteiger partial charge is 0.276 e. The highest BCUT2D eigenvalue weighted by Gasteiger charge is 2.33. The van der Waals surface area contributed by atoms with Crippen molar-refractivity contribution in [2.45, 2.75) is 38.8 Å². The van der Waals surface area contributed by atoms with Crippen LogP contribution in [0.3, 0.4) is 0 Å². The summed E-state index contributed by atoms with van der Waals surface area (Å²) in [5.74, 6) is 0.513. The van der Waals surface area contributed by atoms with Crippen molar-refractivity contribution in [1.29, 1.82) is 0 Å². The topological polar surface area (TPSA) is 74.8 Å². The Labute approximate surface area is 148 Å². The summed E-state index contributed by atoms with van der Waals surface area (Å²) < 4.78 is 5.73. The molecule has 1 N–H and O–H groups in total. The van der Waals surface area contributed by atoms with Crippen molar-refractivity contribution < 1.29 is 14.3 Å². The van der Waals surface area contributed by atoms with E-state index in [1.165, 1.54) is 0 Å². The van der Waals surface area contributed by atoms with Gasteiger partial charge in [0.05, 0.1) is 12.6 Å². The maximum absolute atomic E-state index is 13.0. The van der Waals surface area contributed by atoms with Crippen LogP contribution >= 0.6 is 0 Å². The molecule has 0 bridgehead atoms. The molecule has 0 radical (unpaired) electrons. The molecule has 1 unspecified atom stereocenters.